The summed E-state index contributed by atoms with van der Waals surface area (Å²) in [6, 6.07) is 7.73. The lowest BCUT2D eigenvalue weighted by molar-refractivity contribution is -0.384. The van der Waals surface area contributed by atoms with Crippen LogP contribution in [0, 0.1) is 10.1 Å². The number of halogens is 1. The number of non-ortho nitro benzene ring substituents is 1. The van der Waals surface area contributed by atoms with Gasteiger partial charge in [0, 0.05) is 28.9 Å². The number of nitro benzene ring substituents is 1. The molecule has 0 unspecified atom stereocenters. The number of nitro groups is 1. The molecule has 0 saturated heterocycles. The second-order valence-electron chi connectivity index (χ2n) is 3.51. The molecule has 0 amide bonds. The molecule has 92 valence electrons. The van der Waals surface area contributed by atoms with Gasteiger partial charge in [0.15, 0.2) is 0 Å². The van der Waals surface area contributed by atoms with Crippen LogP contribution >= 0.6 is 11.6 Å². The summed E-state index contributed by atoms with van der Waals surface area (Å²) >= 11 is 5.95. The smallest absolute Gasteiger partial charge is 0.269 e. The number of pyridine rings is 1. The van der Waals surface area contributed by atoms with Crippen molar-refractivity contribution >= 4 is 17.3 Å². The first-order valence-electron chi connectivity index (χ1n) is 5.12. The van der Waals surface area contributed by atoms with E-state index in [1.165, 1.54) is 18.2 Å². The SMILES string of the molecule is O=[N+]([O-])c1ccc(Cl)c(COc2cccnc2)c1. The molecule has 0 saturated carbocycles. The Morgan fingerprint density at radius 1 is 1.39 bits per heavy atom. The van der Waals surface area contributed by atoms with Gasteiger partial charge < -0.3 is 4.74 Å². The maximum Gasteiger partial charge on any atom is 0.269 e. The van der Waals surface area contributed by atoms with Crippen LogP contribution in [0.5, 0.6) is 5.75 Å². The lowest BCUT2D eigenvalue weighted by Gasteiger charge is -2.07. The molecule has 0 atom stereocenters. The summed E-state index contributed by atoms with van der Waals surface area (Å²) in [5, 5.41) is 11.1. The largest absolute Gasteiger partial charge is 0.487 e. The molecule has 0 aliphatic rings. The third kappa shape index (κ3) is 2.95. The summed E-state index contributed by atoms with van der Waals surface area (Å²) in [5.74, 6) is 0.583. The van der Waals surface area contributed by atoms with Crippen LogP contribution in [-0.2, 0) is 6.61 Å². The van der Waals surface area contributed by atoms with Gasteiger partial charge in [-0.1, -0.05) is 11.6 Å². The lowest BCUT2D eigenvalue weighted by atomic mass is 10.2. The Labute approximate surface area is 108 Å². The zero-order valence-corrected chi connectivity index (χ0v) is 10.0. The molecular formula is C12H9ClN2O3. The molecule has 6 heteroatoms. The zero-order chi connectivity index (χ0) is 13.0. The van der Waals surface area contributed by atoms with Gasteiger partial charge in [0.2, 0.25) is 0 Å². The van der Waals surface area contributed by atoms with Crippen LogP contribution < -0.4 is 4.74 Å². The fourth-order valence-electron chi connectivity index (χ4n) is 1.38. The minimum absolute atomic E-state index is 0.0100. The molecule has 2 aromatic rings. The Balaban J connectivity index is 2.14. The quantitative estimate of drug-likeness (QED) is 0.628. The van der Waals surface area contributed by atoms with Crippen molar-refractivity contribution in [2.75, 3.05) is 0 Å². The van der Waals surface area contributed by atoms with Gasteiger partial charge in [0.05, 0.1) is 11.1 Å². The molecule has 0 aliphatic heterocycles. The van der Waals surface area contributed by atoms with Gasteiger partial charge in [-0.05, 0) is 18.2 Å². The summed E-state index contributed by atoms with van der Waals surface area (Å²) in [4.78, 5) is 14.1. The predicted octanol–water partition coefficient (Wildman–Crippen LogP) is 3.22. The van der Waals surface area contributed by atoms with E-state index in [2.05, 4.69) is 4.98 Å². The molecule has 0 aliphatic carbocycles. The molecule has 0 N–H and O–H groups in total. The highest BCUT2D eigenvalue weighted by atomic mass is 35.5. The minimum Gasteiger partial charge on any atom is -0.487 e. The van der Waals surface area contributed by atoms with Crippen molar-refractivity contribution in [2.45, 2.75) is 6.61 Å². The van der Waals surface area contributed by atoms with E-state index in [1.54, 1.807) is 24.5 Å². The number of hydrogen-bond donors (Lipinski definition) is 0. The molecule has 1 aromatic carbocycles. The van der Waals surface area contributed by atoms with Crippen LogP contribution in [0.3, 0.4) is 0 Å². The molecular weight excluding hydrogens is 256 g/mol. The molecule has 0 fully saturated rings. The number of benzene rings is 1. The van der Waals surface area contributed by atoms with Gasteiger partial charge >= 0.3 is 0 Å². The van der Waals surface area contributed by atoms with Gasteiger partial charge in [0.1, 0.15) is 12.4 Å². The van der Waals surface area contributed by atoms with E-state index >= 15 is 0 Å². The molecule has 0 bridgehead atoms. The summed E-state index contributed by atoms with van der Waals surface area (Å²) in [6.07, 6.45) is 3.19. The van der Waals surface area contributed by atoms with E-state index in [-0.39, 0.29) is 12.3 Å². The molecule has 1 aromatic heterocycles. The Bertz CT molecular complexity index is 561. The van der Waals surface area contributed by atoms with Crippen molar-refractivity contribution in [2.24, 2.45) is 0 Å². The molecule has 18 heavy (non-hydrogen) atoms. The molecule has 0 spiro atoms. The van der Waals surface area contributed by atoms with E-state index in [0.717, 1.165) is 0 Å². The van der Waals surface area contributed by atoms with E-state index in [4.69, 9.17) is 16.3 Å². The molecule has 2 rings (SSSR count). The van der Waals surface area contributed by atoms with Gasteiger partial charge in [-0.2, -0.15) is 0 Å². The second-order valence-corrected chi connectivity index (χ2v) is 3.92. The first kappa shape index (κ1) is 12.3. The maximum atomic E-state index is 10.7. The van der Waals surface area contributed by atoms with Crippen LogP contribution in [0.25, 0.3) is 0 Å². The maximum absolute atomic E-state index is 10.7. The first-order chi connectivity index (χ1) is 8.66. The number of hydrogen-bond acceptors (Lipinski definition) is 4. The predicted molar refractivity (Wildman–Crippen MR) is 66.7 cm³/mol. The molecule has 1 heterocycles. The van der Waals surface area contributed by atoms with E-state index < -0.39 is 4.92 Å². The fourth-order valence-corrected chi connectivity index (χ4v) is 1.55. The second kappa shape index (κ2) is 5.46. The topological polar surface area (TPSA) is 65.3 Å². The molecule has 5 nitrogen and oxygen atoms in total. The average Bonchev–Trinajstić information content (AvgIpc) is 2.38. The number of ether oxygens (including phenoxy) is 1. The first-order valence-corrected chi connectivity index (χ1v) is 5.50. The van der Waals surface area contributed by atoms with Crippen LogP contribution in [0.15, 0.2) is 42.7 Å². The Hall–Kier alpha value is -2.14. The highest BCUT2D eigenvalue weighted by Crippen LogP contribution is 2.23. The minimum atomic E-state index is -0.468. The number of rotatable bonds is 4. The van der Waals surface area contributed by atoms with Crippen molar-refractivity contribution in [1.29, 1.82) is 0 Å². The van der Waals surface area contributed by atoms with Crippen LogP contribution in [0.2, 0.25) is 5.02 Å². The highest BCUT2D eigenvalue weighted by Gasteiger charge is 2.10. The van der Waals surface area contributed by atoms with Gasteiger partial charge in [-0.25, -0.2) is 0 Å². The van der Waals surface area contributed by atoms with Crippen molar-refractivity contribution in [3.63, 3.8) is 0 Å². The monoisotopic (exact) mass is 264 g/mol. The summed E-state index contributed by atoms with van der Waals surface area (Å²) in [5.41, 5.74) is 0.555. The molecule has 0 radical (unpaired) electrons. The fraction of sp³-hybridized carbons (Fsp3) is 0.0833. The number of aromatic nitrogens is 1. The van der Waals surface area contributed by atoms with Crippen LogP contribution in [0.4, 0.5) is 5.69 Å². The van der Waals surface area contributed by atoms with Gasteiger partial charge in [-0.3, -0.25) is 15.1 Å². The lowest BCUT2D eigenvalue weighted by Crippen LogP contribution is -1.98. The van der Waals surface area contributed by atoms with Crippen molar-refractivity contribution in [3.05, 3.63) is 63.4 Å². The van der Waals surface area contributed by atoms with Gasteiger partial charge in [-0.15, -0.1) is 0 Å². The average molecular weight is 265 g/mol. The zero-order valence-electron chi connectivity index (χ0n) is 9.25. The highest BCUT2D eigenvalue weighted by molar-refractivity contribution is 6.31. The van der Waals surface area contributed by atoms with Gasteiger partial charge in [0.25, 0.3) is 5.69 Å². The van der Waals surface area contributed by atoms with Crippen LogP contribution in [-0.4, -0.2) is 9.91 Å². The Morgan fingerprint density at radius 3 is 2.89 bits per heavy atom. The van der Waals surface area contributed by atoms with E-state index in [1.807, 2.05) is 0 Å². The van der Waals surface area contributed by atoms with Crippen molar-refractivity contribution in [3.8, 4) is 5.75 Å². The summed E-state index contributed by atoms with van der Waals surface area (Å²) in [6.45, 7) is 0.159. The van der Waals surface area contributed by atoms with Crippen molar-refractivity contribution in [1.82, 2.24) is 4.98 Å². The van der Waals surface area contributed by atoms with Crippen molar-refractivity contribution < 1.29 is 9.66 Å². The van der Waals surface area contributed by atoms with E-state index in [0.29, 0.717) is 16.3 Å². The standard InChI is InChI=1S/C12H9ClN2O3/c13-12-4-3-10(15(16)17)6-9(12)8-18-11-2-1-5-14-7-11/h1-7H,8H2. The summed E-state index contributed by atoms with van der Waals surface area (Å²) in [7, 11) is 0. The third-order valence-corrected chi connectivity index (χ3v) is 2.64. The normalized spacial score (nSPS) is 10.1. The number of nitrogens with zero attached hydrogens (tertiary/aromatic N) is 2. The Morgan fingerprint density at radius 2 is 2.22 bits per heavy atom. The van der Waals surface area contributed by atoms with E-state index in [9.17, 15) is 10.1 Å². The third-order valence-electron chi connectivity index (χ3n) is 2.27. The Kier molecular flexibility index (Phi) is 3.74. The van der Waals surface area contributed by atoms with Crippen LogP contribution in [0.1, 0.15) is 5.56 Å². The summed E-state index contributed by atoms with van der Waals surface area (Å²) < 4.78 is 5.44.